The number of anilines is 1. The van der Waals surface area contributed by atoms with Crippen LogP contribution in [0.5, 0.6) is 5.75 Å². The molecule has 0 bridgehead atoms. The molecule has 3 heteroatoms. The van der Waals surface area contributed by atoms with Crippen molar-refractivity contribution in [2.24, 2.45) is 0 Å². The third-order valence-corrected chi connectivity index (χ3v) is 3.97. The number of nitrogens with one attached hydrogen (secondary N) is 1. The summed E-state index contributed by atoms with van der Waals surface area (Å²) in [5.74, 6) is 1.08. The van der Waals surface area contributed by atoms with Crippen LogP contribution in [0.1, 0.15) is 25.8 Å². The lowest BCUT2D eigenvalue weighted by Crippen LogP contribution is -2.62. The molecule has 0 unspecified atom stereocenters. The van der Waals surface area contributed by atoms with Crippen molar-refractivity contribution in [3.63, 3.8) is 0 Å². The van der Waals surface area contributed by atoms with Gasteiger partial charge in [-0.2, -0.15) is 0 Å². The van der Waals surface area contributed by atoms with E-state index < -0.39 is 0 Å². The lowest BCUT2D eigenvalue weighted by Gasteiger charge is -2.47. The molecule has 0 saturated carbocycles. The van der Waals surface area contributed by atoms with E-state index in [-0.39, 0.29) is 5.60 Å². The summed E-state index contributed by atoms with van der Waals surface area (Å²) in [5.41, 5.74) is 2.62. The van der Waals surface area contributed by atoms with Crippen molar-refractivity contribution in [2.45, 2.75) is 32.3 Å². The van der Waals surface area contributed by atoms with E-state index in [2.05, 4.69) is 42.3 Å². The summed E-state index contributed by atoms with van der Waals surface area (Å²) in [4.78, 5) is 2.41. The standard InChI is InChI=1S/C15H22N2O/c1-3-17-10-15(2,11-17)18-14-8-4-7-13-12(14)6-5-9-16-13/h4,7-8,16H,3,5-6,9-11H2,1-2H3. The lowest BCUT2D eigenvalue weighted by molar-refractivity contribution is -0.0610. The van der Waals surface area contributed by atoms with E-state index in [4.69, 9.17) is 4.74 Å². The summed E-state index contributed by atoms with van der Waals surface area (Å²) >= 11 is 0. The summed E-state index contributed by atoms with van der Waals surface area (Å²) in [6.45, 7) is 8.70. The van der Waals surface area contributed by atoms with Crippen LogP contribution in [0.3, 0.4) is 0 Å². The van der Waals surface area contributed by atoms with Gasteiger partial charge in [0.25, 0.3) is 0 Å². The number of benzene rings is 1. The molecule has 0 amide bonds. The fourth-order valence-corrected chi connectivity index (χ4v) is 3.03. The number of hydrogen-bond acceptors (Lipinski definition) is 3. The summed E-state index contributed by atoms with van der Waals surface area (Å²) in [6, 6.07) is 6.36. The average Bonchev–Trinajstić information content (AvgIpc) is 2.36. The topological polar surface area (TPSA) is 24.5 Å². The van der Waals surface area contributed by atoms with Crippen LogP contribution in [-0.2, 0) is 6.42 Å². The van der Waals surface area contributed by atoms with Crippen LogP contribution in [-0.4, -0.2) is 36.7 Å². The second kappa shape index (κ2) is 4.47. The molecule has 0 aromatic heterocycles. The van der Waals surface area contributed by atoms with Crippen molar-refractivity contribution >= 4 is 5.69 Å². The molecular formula is C15H22N2O. The molecular weight excluding hydrogens is 224 g/mol. The van der Waals surface area contributed by atoms with E-state index in [9.17, 15) is 0 Å². The molecule has 1 fully saturated rings. The average molecular weight is 246 g/mol. The van der Waals surface area contributed by atoms with Gasteiger partial charge in [-0.1, -0.05) is 13.0 Å². The first kappa shape index (κ1) is 11.8. The van der Waals surface area contributed by atoms with Crippen LogP contribution in [0.15, 0.2) is 18.2 Å². The third-order valence-electron chi connectivity index (χ3n) is 3.97. The van der Waals surface area contributed by atoms with E-state index in [1.807, 2.05) is 0 Å². The second-order valence-electron chi connectivity index (χ2n) is 5.67. The largest absolute Gasteiger partial charge is 0.485 e. The molecule has 18 heavy (non-hydrogen) atoms. The van der Waals surface area contributed by atoms with Gasteiger partial charge >= 0.3 is 0 Å². The molecule has 98 valence electrons. The monoisotopic (exact) mass is 246 g/mol. The molecule has 1 saturated heterocycles. The second-order valence-corrected chi connectivity index (χ2v) is 5.67. The Kier molecular flexibility index (Phi) is 2.94. The van der Waals surface area contributed by atoms with E-state index in [0.29, 0.717) is 0 Å². The molecule has 2 aliphatic heterocycles. The predicted octanol–water partition coefficient (Wildman–Crippen LogP) is 2.52. The number of rotatable bonds is 3. The molecule has 3 nitrogen and oxygen atoms in total. The summed E-state index contributed by atoms with van der Waals surface area (Å²) in [6.07, 6.45) is 2.33. The predicted molar refractivity (Wildman–Crippen MR) is 74.4 cm³/mol. The fraction of sp³-hybridized carbons (Fsp3) is 0.600. The number of likely N-dealkylation sites (N-methyl/N-ethyl adjacent to an activating group) is 1. The van der Waals surface area contributed by atoms with Gasteiger partial charge in [0, 0.05) is 30.9 Å². The maximum Gasteiger partial charge on any atom is 0.131 e. The minimum atomic E-state index is 0.00256. The highest BCUT2D eigenvalue weighted by atomic mass is 16.5. The fourth-order valence-electron chi connectivity index (χ4n) is 3.03. The first-order valence-corrected chi connectivity index (χ1v) is 6.97. The zero-order valence-electron chi connectivity index (χ0n) is 11.3. The Morgan fingerprint density at radius 3 is 3.00 bits per heavy atom. The Bertz CT molecular complexity index is 438. The molecule has 3 rings (SSSR count). The highest BCUT2D eigenvalue weighted by Crippen LogP contribution is 2.35. The van der Waals surface area contributed by atoms with Crippen LogP contribution >= 0.6 is 0 Å². The molecule has 0 spiro atoms. The summed E-state index contributed by atoms with van der Waals surface area (Å²) in [5, 5.41) is 3.45. The third kappa shape index (κ3) is 2.07. The Morgan fingerprint density at radius 1 is 1.39 bits per heavy atom. The Labute approximate surface area is 109 Å². The zero-order valence-corrected chi connectivity index (χ0v) is 11.3. The number of nitrogens with zero attached hydrogens (tertiary/aromatic N) is 1. The van der Waals surface area contributed by atoms with E-state index in [0.717, 1.165) is 38.3 Å². The van der Waals surface area contributed by atoms with Crippen LogP contribution in [0.2, 0.25) is 0 Å². The quantitative estimate of drug-likeness (QED) is 0.887. The SMILES string of the molecule is CCN1CC(C)(Oc2cccc3c2CCCN3)C1. The van der Waals surface area contributed by atoms with E-state index in [1.54, 1.807) is 0 Å². The molecule has 0 radical (unpaired) electrons. The minimum Gasteiger partial charge on any atom is -0.485 e. The molecule has 1 aromatic carbocycles. The van der Waals surface area contributed by atoms with Gasteiger partial charge in [-0.25, -0.2) is 0 Å². The van der Waals surface area contributed by atoms with Crippen molar-refractivity contribution in [1.29, 1.82) is 0 Å². The van der Waals surface area contributed by atoms with E-state index >= 15 is 0 Å². The Morgan fingerprint density at radius 2 is 2.22 bits per heavy atom. The van der Waals surface area contributed by atoms with Gasteiger partial charge in [0.05, 0.1) is 0 Å². The normalized spacial score (nSPS) is 21.7. The maximum absolute atomic E-state index is 6.29. The first-order chi connectivity index (χ1) is 8.70. The van der Waals surface area contributed by atoms with Crippen molar-refractivity contribution in [3.8, 4) is 5.75 Å². The lowest BCUT2D eigenvalue weighted by atomic mass is 9.95. The van der Waals surface area contributed by atoms with Crippen molar-refractivity contribution in [1.82, 2.24) is 4.90 Å². The van der Waals surface area contributed by atoms with Gasteiger partial charge in [0.1, 0.15) is 11.4 Å². The van der Waals surface area contributed by atoms with Gasteiger partial charge in [-0.3, -0.25) is 4.90 Å². The van der Waals surface area contributed by atoms with E-state index in [1.165, 1.54) is 17.7 Å². The van der Waals surface area contributed by atoms with Gasteiger partial charge in [0.15, 0.2) is 0 Å². The molecule has 2 heterocycles. The molecule has 1 N–H and O–H groups in total. The van der Waals surface area contributed by atoms with Crippen LogP contribution < -0.4 is 10.1 Å². The first-order valence-electron chi connectivity index (χ1n) is 6.97. The Hall–Kier alpha value is -1.22. The highest BCUT2D eigenvalue weighted by molar-refractivity contribution is 5.59. The summed E-state index contributed by atoms with van der Waals surface area (Å²) in [7, 11) is 0. The smallest absolute Gasteiger partial charge is 0.131 e. The van der Waals surface area contributed by atoms with Crippen LogP contribution in [0.4, 0.5) is 5.69 Å². The summed E-state index contributed by atoms with van der Waals surface area (Å²) < 4.78 is 6.29. The Balaban J connectivity index is 1.77. The molecule has 1 aromatic rings. The zero-order chi connectivity index (χ0) is 12.6. The highest BCUT2D eigenvalue weighted by Gasteiger charge is 2.40. The maximum atomic E-state index is 6.29. The molecule has 0 atom stereocenters. The van der Waals surface area contributed by atoms with Crippen molar-refractivity contribution < 1.29 is 4.74 Å². The number of likely N-dealkylation sites (tertiary alicyclic amines) is 1. The molecule has 0 aliphatic carbocycles. The van der Waals surface area contributed by atoms with Crippen molar-refractivity contribution in [3.05, 3.63) is 23.8 Å². The number of hydrogen-bond donors (Lipinski definition) is 1. The number of fused-ring (bicyclic) bond motifs is 1. The van der Waals surface area contributed by atoms with Gasteiger partial charge in [-0.05, 0) is 38.4 Å². The van der Waals surface area contributed by atoms with Crippen LogP contribution in [0, 0.1) is 0 Å². The van der Waals surface area contributed by atoms with Gasteiger partial charge < -0.3 is 10.1 Å². The van der Waals surface area contributed by atoms with Gasteiger partial charge in [0.2, 0.25) is 0 Å². The van der Waals surface area contributed by atoms with Gasteiger partial charge in [-0.15, -0.1) is 0 Å². The molecule has 2 aliphatic rings. The minimum absolute atomic E-state index is 0.00256. The van der Waals surface area contributed by atoms with Crippen molar-refractivity contribution in [2.75, 3.05) is 31.5 Å². The number of ether oxygens (including phenoxy) is 1. The van der Waals surface area contributed by atoms with Crippen LogP contribution in [0.25, 0.3) is 0 Å².